The van der Waals surface area contributed by atoms with E-state index in [0.717, 1.165) is 6.92 Å². The van der Waals surface area contributed by atoms with Crippen molar-refractivity contribution in [1.82, 2.24) is 5.32 Å². The summed E-state index contributed by atoms with van der Waals surface area (Å²) >= 11 is 0. The summed E-state index contributed by atoms with van der Waals surface area (Å²) in [7, 11) is 0. The van der Waals surface area contributed by atoms with Crippen LogP contribution in [0.1, 0.15) is 18.1 Å². The molecule has 3 aromatic rings. The van der Waals surface area contributed by atoms with E-state index < -0.39 is 52.4 Å². The minimum Gasteiger partial charge on any atom is -0.445 e. The minimum absolute atomic E-state index is 0.0931. The van der Waals surface area contributed by atoms with Crippen molar-refractivity contribution in [3.63, 3.8) is 0 Å². The summed E-state index contributed by atoms with van der Waals surface area (Å²) in [6.45, 7) is 0.963. The Labute approximate surface area is 184 Å². The van der Waals surface area contributed by atoms with Gasteiger partial charge in [-0.1, -0.05) is 60.7 Å². The van der Waals surface area contributed by atoms with Gasteiger partial charge in [-0.25, -0.2) is 22.8 Å². The molecule has 1 N–H and O–H groups in total. The molecule has 33 heavy (non-hydrogen) atoms. The van der Waals surface area contributed by atoms with Crippen LogP contribution in [0.25, 0.3) is 0 Å². The molecule has 1 atom stereocenters. The van der Waals surface area contributed by atoms with Gasteiger partial charge in [-0.3, -0.25) is 0 Å². The highest BCUT2D eigenvalue weighted by atomic mass is 19.2. The van der Waals surface area contributed by atoms with E-state index in [2.05, 4.69) is 10.1 Å². The number of hydrogen-bond donors (Lipinski definition) is 1. The van der Waals surface area contributed by atoms with Crippen molar-refractivity contribution >= 4 is 12.1 Å². The summed E-state index contributed by atoms with van der Waals surface area (Å²) in [6, 6.07) is 15.9. The molecule has 172 valence electrons. The monoisotopic (exact) mass is 465 g/mol. The Morgan fingerprint density at radius 1 is 0.788 bits per heavy atom. The number of amides is 1. The molecule has 0 spiro atoms. The Morgan fingerprint density at radius 3 is 1.82 bits per heavy atom. The Kier molecular flexibility index (Phi) is 6.95. The lowest BCUT2D eigenvalue weighted by Crippen LogP contribution is -2.51. The number of hydrogen-bond acceptors (Lipinski definition) is 4. The predicted molar refractivity (Wildman–Crippen MR) is 105 cm³/mol. The highest BCUT2D eigenvalue weighted by Crippen LogP contribution is 2.31. The molecule has 0 aliphatic rings. The van der Waals surface area contributed by atoms with E-state index in [-0.39, 0.29) is 12.2 Å². The standard InChI is InChI=1S/C23H16F5NO4/c1-23(14-10-6-3-7-11-14,29-22(31)32-12-13-8-4-2-5-9-13)21(30)33-20-18(27)16(25)15(24)17(26)19(20)28/h2-11H,12H2,1H3,(H,29,31)/t23-/m0/s1. The molecule has 0 radical (unpaired) electrons. The fourth-order valence-electron chi connectivity index (χ4n) is 2.84. The fraction of sp³-hybridized carbons (Fsp3) is 0.130. The Hall–Kier alpha value is -3.95. The van der Waals surface area contributed by atoms with E-state index in [0.29, 0.717) is 5.56 Å². The molecular weight excluding hydrogens is 449 g/mol. The highest BCUT2D eigenvalue weighted by Gasteiger charge is 2.41. The number of esters is 1. The van der Waals surface area contributed by atoms with Crippen LogP contribution in [0.4, 0.5) is 26.7 Å². The summed E-state index contributed by atoms with van der Waals surface area (Å²) in [5.74, 6) is -14.9. The third-order valence-electron chi connectivity index (χ3n) is 4.69. The topological polar surface area (TPSA) is 64.6 Å². The predicted octanol–water partition coefficient (Wildman–Crippen LogP) is 5.13. The molecule has 0 aliphatic carbocycles. The molecule has 1 amide bonds. The second-order valence-corrected chi connectivity index (χ2v) is 6.97. The number of carbonyl (C=O) groups is 2. The molecule has 5 nitrogen and oxygen atoms in total. The fourth-order valence-corrected chi connectivity index (χ4v) is 2.84. The number of rotatable bonds is 6. The highest BCUT2D eigenvalue weighted by molar-refractivity contribution is 5.88. The summed E-state index contributed by atoms with van der Waals surface area (Å²) in [6.07, 6.45) is -1.10. The maximum Gasteiger partial charge on any atom is 0.408 e. The van der Waals surface area contributed by atoms with Crippen molar-refractivity contribution in [3.05, 3.63) is 101 Å². The van der Waals surface area contributed by atoms with Crippen LogP contribution in [0.15, 0.2) is 60.7 Å². The van der Waals surface area contributed by atoms with Gasteiger partial charge >= 0.3 is 12.1 Å². The van der Waals surface area contributed by atoms with Crippen LogP contribution in [0.2, 0.25) is 0 Å². The third kappa shape index (κ3) is 4.94. The number of benzene rings is 3. The molecule has 0 saturated carbocycles. The van der Waals surface area contributed by atoms with Gasteiger partial charge in [0.05, 0.1) is 0 Å². The van der Waals surface area contributed by atoms with E-state index in [1.165, 1.54) is 24.3 Å². The molecular formula is C23H16F5NO4. The molecule has 10 heteroatoms. The third-order valence-corrected chi connectivity index (χ3v) is 4.69. The summed E-state index contributed by atoms with van der Waals surface area (Å²) < 4.78 is 78.0. The van der Waals surface area contributed by atoms with Crippen LogP contribution in [0, 0.1) is 29.1 Å². The zero-order valence-corrected chi connectivity index (χ0v) is 17.0. The van der Waals surface area contributed by atoms with Crippen LogP contribution in [-0.2, 0) is 21.7 Å². The Balaban J connectivity index is 1.90. The first-order valence-corrected chi connectivity index (χ1v) is 9.43. The molecule has 0 aliphatic heterocycles. The van der Waals surface area contributed by atoms with E-state index in [4.69, 9.17) is 4.74 Å². The molecule has 3 rings (SSSR count). The van der Waals surface area contributed by atoms with Crippen LogP contribution >= 0.6 is 0 Å². The van der Waals surface area contributed by atoms with E-state index in [1.807, 2.05) is 0 Å². The maximum atomic E-state index is 14.0. The largest absolute Gasteiger partial charge is 0.445 e. The lowest BCUT2D eigenvalue weighted by molar-refractivity contribution is -0.142. The first kappa shape index (κ1) is 23.7. The van der Waals surface area contributed by atoms with Crippen molar-refractivity contribution in [3.8, 4) is 5.75 Å². The van der Waals surface area contributed by atoms with Gasteiger partial charge in [0.25, 0.3) is 0 Å². The Bertz CT molecular complexity index is 1150. The number of carbonyl (C=O) groups excluding carboxylic acids is 2. The van der Waals surface area contributed by atoms with E-state index in [1.54, 1.807) is 36.4 Å². The summed E-state index contributed by atoms with van der Waals surface area (Å²) in [4.78, 5) is 25.3. The molecule has 0 bridgehead atoms. The molecule has 3 aromatic carbocycles. The normalized spacial score (nSPS) is 12.5. The van der Waals surface area contributed by atoms with Gasteiger partial charge < -0.3 is 14.8 Å². The number of halogens is 5. The van der Waals surface area contributed by atoms with Crippen LogP contribution in [0.5, 0.6) is 5.75 Å². The zero-order chi connectivity index (χ0) is 24.2. The number of alkyl carbamates (subject to hydrolysis) is 1. The van der Waals surface area contributed by atoms with Gasteiger partial charge in [-0.15, -0.1) is 0 Å². The number of nitrogens with one attached hydrogen (secondary N) is 1. The minimum atomic E-state index is -2.40. The van der Waals surface area contributed by atoms with Crippen molar-refractivity contribution in [1.29, 1.82) is 0 Å². The molecule has 0 saturated heterocycles. The van der Waals surface area contributed by atoms with Crippen molar-refractivity contribution in [2.45, 2.75) is 19.1 Å². The van der Waals surface area contributed by atoms with E-state index in [9.17, 15) is 31.5 Å². The summed E-state index contributed by atoms with van der Waals surface area (Å²) in [5.41, 5.74) is -1.39. The maximum absolute atomic E-state index is 14.0. The van der Waals surface area contributed by atoms with Crippen molar-refractivity contribution in [2.75, 3.05) is 0 Å². The van der Waals surface area contributed by atoms with Crippen LogP contribution in [0.3, 0.4) is 0 Å². The van der Waals surface area contributed by atoms with Gasteiger partial charge in [0.1, 0.15) is 6.61 Å². The van der Waals surface area contributed by atoms with Crippen molar-refractivity contribution < 1.29 is 41.0 Å². The number of ether oxygens (including phenoxy) is 2. The molecule has 0 heterocycles. The lowest BCUT2D eigenvalue weighted by atomic mass is 9.92. The van der Waals surface area contributed by atoms with Gasteiger partial charge in [-0.05, 0) is 18.1 Å². The quantitative estimate of drug-likeness (QED) is 0.180. The second kappa shape index (κ2) is 9.68. The smallest absolute Gasteiger partial charge is 0.408 e. The first-order chi connectivity index (χ1) is 15.6. The Morgan fingerprint density at radius 2 is 1.27 bits per heavy atom. The van der Waals surface area contributed by atoms with Gasteiger partial charge in [0.2, 0.25) is 34.8 Å². The average Bonchev–Trinajstić information content (AvgIpc) is 2.83. The van der Waals surface area contributed by atoms with Gasteiger partial charge in [0.15, 0.2) is 5.54 Å². The van der Waals surface area contributed by atoms with E-state index >= 15 is 0 Å². The van der Waals surface area contributed by atoms with Gasteiger partial charge in [0, 0.05) is 0 Å². The first-order valence-electron chi connectivity index (χ1n) is 9.43. The lowest BCUT2D eigenvalue weighted by Gasteiger charge is -2.28. The van der Waals surface area contributed by atoms with Crippen LogP contribution in [-0.4, -0.2) is 12.1 Å². The second-order valence-electron chi connectivity index (χ2n) is 6.97. The van der Waals surface area contributed by atoms with Crippen molar-refractivity contribution in [2.24, 2.45) is 0 Å². The summed E-state index contributed by atoms with van der Waals surface area (Å²) in [5, 5.41) is 2.24. The molecule has 0 unspecified atom stereocenters. The average molecular weight is 465 g/mol. The van der Waals surface area contributed by atoms with Crippen LogP contribution < -0.4 is 10.1 Å². The van der Waals surface area contributed by atoms with Gasteiger partial charge in [-0.2, -0.15) is 8.78 Å². The SMILES string of the molecule is C[C@@](NC(=O)OCc1ccccc1)(C(=O)Oc1c(F)c(F)c(F)c(F)c1F)c1ccccc1. The zero-order valence-electron chi connectivity index (χ0n) is 17.0. The molecule has 0 fully saturated rings. The molecule has 0 aromatic heterocycles.